The number of hydrogen-bond acceptors (Lipinski definition) is 3. The number of furan rings is 1. The van der Waals surface area contributed by atoms with E-state index < -0.39 is 0 Å². The third-order valence-corrected chi connectivity index (χ3v) is 16.4. The molecule has 0 saturated carbocycles. The Morgan fingerprint density at radius 2 is 1.27 bits per heavy atom. The van der Waals surface area contributed by atoms with Gasteiger partial charge in [-0.25, -0.2) is 0 Å². The Bertz CT molecular complexity index is 3900. The van der Waals surface area contributed by atoms with Gasteiger partial charge in [-0.2, -0.15) is 0 Å². The van der Waals surface area contributed by atoms with Crippen LogP contribution >= 0.6 is 11.3 Å². The minimum atomic E-state index is -0.104. The van der Waals surface area contributed by atoms with Gasteiger partial charge in [-0.3, -0.25) is 0 Å². The van der Waals surface area contributed by atoms with Crippen LogP contribution < -0.4 is 15.7 Å². The van der Waals surface area contributed by atoms with Crippen LogP contribution in [-0.2, 0) is 16.2 Å². The van der Waals surface area contributed by atoms with Crippen LogP contribution in [0.3, 0.4) is 0 Å². The van der Waals surface area contributed by atoms with E-state index in [2.05, 4.69) is 204 Å². The van der Waals surface area contributed by atoms with Crippen LogP contribution in [0.5, 0.6) is 0 Å². The molecule has 0 spiro atoms. The van der Waals surface area contributed by atoms with Gasteiger partial charge >= 0.3 is 6.85 Å². The quantitative estimate of drug-likeness (QED) is 0.154. The molecule has 1 aliphatic carbocycles. The molecule has 8 aromatic carbocycles. The predicted octanol–water partition coefficient (Wildman–Crippen LogP) is 15.2. The van der Waals surface area contributed by atoms with Crippen molar-refractivity contribution in [1.82, 2.24) is 4.57 Å². The van der Waals surface area contributed by atoms with Gasteiger partial charge in [-0.1, -0.05) is 134 Å². The molecule has 0 bridgehead atoms. The van der Waals surface area contributed by atoms with Crippen molar-refractivity contribution in [2.24, 2.45) is 0 Å². The third-order valence-electron chi connectivity index (χ3n) is 15.3. The third kappa shape index (κ3) is 4.68. The lowest BCUT2D eigenvalue weighted by atomic mass is 9.44. The lowest BCUT2D eigenvalue weighted by Gasteiger charge is -2.42. The SMILES string of the molecule is CC(C)(C)c1ccc(N2B3c4cc5c(cc4-n4c6cc7c(cc6c6ccc(c3c64)-c3cc4oc6ccc(C(C)(C)C)cc6c4cc32)C(C)(C)c2ccccc2-7)sc2ccccc25)cc1. The molecule has 5 heterocycles. The smallest absolute Gasteiger partial charge is 0.333 e. The highest BCUT2D eigenvalue weighted by molar-refractivity contribution is 7.26. The van der Waals surface area contributed by atoms with E-state index in [1.807, 2.05) is 11.3 Å². The molecule has 3 aliphatic rings. The van der Waals surface area contributed by atoms with Gasteiger partial charge < -0.3 is 13.8 Å². The average molecular weight is 843 g/mol. The number of anilines is 2. The van der Waals surface area contributed by atoms with Crippen molar-refractivity contribution in [3.05, 3.63) is 162 Å². The van der Waals surface area contributed by atoms with E-state index >= 15 is 0 Å². The topological polar surface area (TPSA) is 21.3 Å². The molecule has 3 aromatic heterocycles. The van der Waals surface area contributed by atoms with Crippen molar-refractivity contribution in [2.45, 2.75) is 71.6 Å². The largest absolute Gasteiger partial charge is 0.456 e. The molecule has 0 radical (unpaired) electrons. The molecule has 0 amide bonds. The zero-order valence-electron chi connectivity index (χ0n) is 37.6. The number of nitrogens with zero attached hydrogens (tertiary/aromatic N) is 2. The summed E-state index contributed by atoms with van der Waals surface area (Å²) in [5, 5.41) is 7.59. The summed E-state index contributed by atoms with van der Waals surface area (Å²) < 4.78 is 12.1. The standard InChI is InChI=1S/C59H47BN2OS/c1-57(2,3)32-17-20-34(21-18-32)62-49-29-43-42-25-33(58(4,5)6)19-24-51(42)63-52(43)30-41(49)37-22-23-38-40-26-46-39(35-13-9-11-15-45(35)59(46,7)8)28-48(40)61-50-31-54-44(36-14-10-12-16-53(36)64-54)27-47(50)60(62)55(37)56(38)61/h9-31H,1-8H3. The number of rotatable bonds is 1. The van der Waals surface area contributed by atoms with E-state index in [1.54, 1.807) is 0 Å². The molecule has 0 unspecified atom stereocenters. The highest BCUT2D eigenvalue weighted by atomic mass is 32.1. The first-order valence-electron chi connectivity index (χ1n) is 22.9. The summed E-state index contributed by atoms with van der Waals surface area (Å²) in [6.45, 7) is 18.5. The summed E-state index contributed by atoms with van der Waals surface area (Å²) in [7, 11) is 0. The fourth-order valence-electron chi connectivity index (χ4n) is 11.9. The minimum Gasteiger partial charge on any atom is -0.456 e. The zero-order valence-corrected chi connectivity index (χ0v) is 38.4. The van der Waals surface area contributed by atoms with Gasteiger partial charge in [-0.15, -0.1) is 11.3 Å². The van der Waals surface area contributed by atoms with Gasteiger partial charge in [0.15, 0.2) is 0 Å². The summed E-state index contributed by atoms with van der Waals surface area (Å²) >= 11 is 1.91. The first-order valence-corrected chi connectivity index (χ1v) is 23.7. The van der Waals surface area contributed by atoms with E-state index in [-0.39, 0.29) is 23.1 Å². The molecule has 3 nitrogen and oxygen atoms in total. The maximum Gasteiger partial charge on any atom is 0.333 e. The molecule has 11 aromatic rings. The van der Waals surface area contributed by atoms with E-state index in [1.165, 1.54) is 120 Å². The van der Waals surface area contributed by atoms with Crippen LogP contribution in [0.2, 0.25) is 0 Å². The lowest BCUT2D eigenvalue weighted by molar-refractivity contribution is 0.590. The lowest BCUT2D eigenvalue weighted by Crippen LogP contribution is -2.60. The molecule has 64 heavy (non-hydrogen) atoms. The van der Waals surface area contributed by atoms with Crippen LogP contribution in [0, 0.1) is 0 Å². The zero-order chi connectivity index (χ0) is 43.3. The second-order valence-corrected chi connectivity index (χ2v) is 22.4. The van der Waals surface area contributed by atoms with Gasteiger partial charge in [0, 0.05) is 69.8 Å². The van der Waals surface area contributed by atoms with Crippen molar-refractivity contribution in [3.63, 3.8) is 0 Å². The van der Waals surface area contributed by atoms with Crippen LogP contribution in [-0.4, -0.2) is 11.4 Å². The molecule has 0 saturated heterocycles. The summed E-state index contributed by atoms with van der Waals surface area (Å²) in [6.07, 6.45) is 0. The van der Waals surface area contributed by atoms with Crippen molar-refractivity contribution >= 4 is 104 Å². The van der Waals surface area contributed by atoms with Crippen molar-refractivity contribution < 1.29 is 4.42 Å². The Balaban J connectivity index is 1.15. The second kappa shape index (κ2) is 12.0. The van der Waals surface area contributed by atoms with Gasteiger partial charge in [0.1, 0.15) is 11.2 Å². The second-order valence-electron chi connectivity index (χ2n) is 21.3. The van der Waals surface area contributed by atoms with Crippen molar-refractivity contribution in [2.75, 3.05) is 4.81 Å². The molecule has 308 valence electrons. The van der Waals surface area contributed by atoms with Gasteiger partial charge in [-0.05, 0) is 121 Å². The van der Waals surface area contributed by atoms with Crippen LogP contribution in [0.15, 0.2) is 144 Å². The normalized spacial score (nSPS) is 14.9. The Kier molecular flexibility index (Phi) is 6.89. The number of thiophene rings is 1. The van der Waals surface area contributed by atoms with Crippen LogP contribution in [0.4, 0.5) is 11.4 Å². The van der Waals surface area contributed by atoms with Gasteiger partial charge in [0.2, 0.25) is 0 Å². The highest BCUT2D eigenvalue weighted by Gasteiger charge is 2.45. The molecule has 0 N–H and O–H groups in total. The monoisotopic (exact) mass is 842 g/mol. The highest BCUT2D eigenvalue weighted by Crippen LogP contribution is 2.53. The summed E-state index contributed by atoms with van der Waals surface area (Å²) in [5.74, 6) is 0. The summed E-state index contributed by atoms with van der Waals surface area (Å²) in [4.78, 5) is 2.68. The molecule has 5 heteroatoms. The Morgan fingerprint density at radius 3 is 2.08 bits per heavy atom. The van der Waals surface area contributed by atoms with E-state index in [4.69, 9.17) is 4.42 Å². The Hall–Kier alpha value is -6.56. The summed E-state index contributed by atoms with van der Waals surface area (Å²) in [6, 6.07) is 54.0. The maximum absolute atomic E-state index is 6.80. The average Bonchev–Trinajstić information content (AvgIpc) is 3.99. The van der Waals surface area contributed by atoms with Crippen molar-refractivity contribution in [1.29, 1.82) is 0 Å². The van der Waals surface area contributed by atoms with E-state index in [0.717, 1.165) is 16.6 Å². The fourth-order valence-corrected chi connectivity index (χ4v) is 13.1. The molecule has 2 aliphatic heterocycles. The van der Waals surface area contributed by atoms with Gasteiger partial charge in [0.05, 0.1) is 11.0 Å². The Labute approximate surface area is 377 Å². The number of hydrogen-bond donors (Lipinski definition) is 0. The van der Waals surface area contributed by atoms with Crippen LogP contribution in [0.1, 0.15) is 77.6 Å². The maximum atomic E-state index is 6.80. The molecule has 0 fully saturated rings. The number of fused-ring (bicyclic) bond motifs is 17. The predicted molar refractivity (Wildman–Crippen MR) is 275 cm³/mol. The van der Waals surface area contributed by atoms with E-state index in [9.17, 15) is 0 Å². The molecular weight excluding hydrogens is 796 g/mol. The Morgan fingerprint density at radius 1 is 0.516 bits per heavy atom. The molecule has 14 rings (SSSR count). The van der Waals surface area contributed by atoms with Gasteiger partial charge in [0.25, 0.3) is 0 Å². The van der Waals surface area contributed by atoms with Crippen molar-refractivity contribution in [3.8, 4) is 27.9 Å². The van der Waals surface area contributed by atoms with Crippen LogP contribution in [0.25, 0.3) is 91.9 Å². The molecule has 0 atom stereocenters. The van der Waals surface area contributed by atoms with E-state index in [0.29, 0.717) is 0 Å². The molecular formula is C59H47BN2OS. The summed E-state index contributed by atoms with van der Waals surface area (Å²) in [5.41, 5.74) is 21.3. The first kappa shape index (κ1) is 36.9. The minimum absolute atomic E-state index is 0.0118. The fraction of sp³-hybridized carbons (Fsp3) is 0.186. The number of aromatic nitrogens is 1. The number of benzene rings is 8. The first-order chi connectivity index (χ1) is 30.7.